The van der Waals surface area contributed by atoms with E-state index in [0.29, 0.717) is 17.5 Å². The molecule has 7 nitrogen and oxygen atoms in total. The number of hydrogen-bond acceptors (Lipinski definition) is 7. The summed E-state index contributed by atoms with van der Waals surface area (Å²) in [6.07, 6.45) is 5.00. The Labute approximate surface area is 174 Å². The van der Waals surface area contributed by atoms with Crippen molar-refractivity contribution in [1.82, 2.24) is 25.1 Å². The van der Waals surface area contributed by atoms with Crippen LogP contribution in [0.1, 0.15) is 36.9 Å². The van der Waals surface area contributed by atoms with Crippen molar-refractivity contribution in [2.45, 2.75) is 31.8 Å². The van der Waals surface area contributed by atoms with Gasteiger partial charge in [-0.2, -0.15) is 0 Å². The predicted molar refractivity (Wildman–Crippen MR) is 113 cm³/mol. The quantitative estimate of drug-likeness (QED) is 0.490. The molecule has 5 rings (SSSR count). The number of methoxy groups -OCH3 is 1. The van der Waals surface area contributed by atoms with Gasteiger partial charge < -0.3 is 9.15 Å². The number of piperidine rings is 1. The minimum Gasteiger partial charge on any atom is -0.494 e. The first kappa shape index (κ1) is 18.7. The third-order valence-corrected chi connectivity index (χ3v) is 5.55. The molecule has 1 atom stereocenters. The summed E-state index contributed by atoms with van der Waals surface area (Å²) in [5.41, 5.74) is 2.59. The highest BCUT2D eigenvalue weighted by molar-refractivity contribution is 5.84. The topological polar surface area (TPSA) is 77.2 Å². The van der Waals surface area contributed by atoms with Gasteiger partial charge >= 0.3 is 0 Å². The smallest absolute Gasteiger partial charge is 0.266 e. The van der Waals surface area contributed by atoms with E-state index in [1.807, 2.05) is 30.3 Å². The Morgan fingerprint density at radius 1 is 1.07 bits per heavy atom. The normalized spacial score (nSPS) is 17.3. The van der Waals surface area contributed by atoms with Gasteiger partial charge in [0, 0.05) is 18.1 Å². The number of fused-ring (bicyclic) bond motifs is 1. The molecule has 1 saturated heterocycles. The molecule has 0 unspecified atom stereocenters. The number of ether oxygens (including phenoxy) is 1. The molecule has 4 aromatic rings. The zero-order valence-corrected chi connectivity index (χ0v) is 16.9. The van der Waals surface area contributed by atoms with Crippen LogP contribution in [0.5, 0.6) is 5.75 Å². The van der Waals surface area contributed by atoms with E-state index in [2.05, 4.69) is 38.3 Å². The Balaban J connectivity index is 1.41. The molecule has 1 aliphatic rings. The number of aromatic nitrogens is 4. The Morgan fingerprint density at radius 3 is 2.90 bits per heavy atom. The van der Waals surface area contributed by atoms with E-state index in [1.165, 1.54) is 0 Å². The van der Waals surface area contributed by atoms with Crippen molar-refractivity contribution in [3.05, 3.63) is 66.3 Å². The number of benzene rings is 1. The van der Waals surface area contributed by atoms with Gasteiger partial charge in [0.15, 0.2) is 0 Å². The standard InChI is InChI=1S/C23H23N5O2/c1-29-20-10-6-7-16-11-12-17(25-21(16)20)15-28-14-5-3-9-19(28)23-27-26-22(30-23)18-8-2-4-13-24-18/h2,4,6-8,10-13,19H,3,5,9,14-15H2,1H3/t19-/m1/s1. The van der Waals surface area contributed by atoms with Gasteiger partial charge in [-0.3, -0.25) is 9.88 Å². The molecule has 1 aliphatic heterocycles. The first-order valence-electron chi connectivity index (χ1n) is 10.2. The Kier molecular flexibility index (Phi) is 5.11. The fourth-order valence-electron chi connectivity index (χ4n) is 4.04. The molecule has 1 fully saturated rings. The van der Waals surface area contributed by atoms with Crippen LogP contribution in [0, 0.1) is 0 Å². The first-order valence-corrected chi connectivity index (χ1v) is 10.2. The zero-order chi connectivity index (χ0) is 20.3. The molecule has 0 amide bonds. The maximum absolute atomic E-state index is 6.02. The molecule has 0 bridgehead atoms. The summed E-state index contributed by atoms with van der Waals surface area (Å²) in [5.74, 6) is 1.90. The second-order valence-electron chi connectivity index (χ2n) is 7.48. The molecule has 152 valence electrons. The van der Waals surface area contributed by atoms with Crippen molar-refractivity contribution in [1.29, 1.82) is 0 Å². The molecular formula is C23H23N5O2. The number of nitrogens with zero attached hydrogens (tertiary/aromatic N) is 5. The maximum atomic E-state index is 6.02. The van der Waals surface area contributed by atoms with Crippen LogP contribution in [-0.2, 0) is 6.54 Å². The second-order valence-corrected chi connectivity index (χ2v) is 7.48. The lowest BCUT2D eigenvalue weighted by molar-refractivity contribution is 0.117. The van der Waals surface area contributed by atoms with Crippen molar-refractivity contribution in [3.8, 4) is 17.3 Å². The van der Waals surface area contributed by atoms with E-state index < -0.39 is 0 Å². The summed E-state index contributed by atoms with van der Waals surface area (Å²) >= 11 is 0. The number of hydrogen-bond donors (Lipinski definition) is 0. The minimum absolute atomic E-state index is 0.0823. The van der Waals surface area contributed by atoms with Gasteiger partial charge in [-0.1, -0.05) is 30.7 Å². The largest absolute Gasteiger partial charge is 0.494 e. The second kappa shape index (κ2) is 8.20. The van der Waals surface area contributed by atoms with E-state index in [4.69, 9.17) is 14.1 Å². The van der Waals surface area contributed by atoms with Crippen LogP contribution in [0.25, 0.3) is 22.5 Å². The predicted octanol–water partition coefficient (Wildman–Crippen LogP) is 4.42. The highest BCUT2D eigenvalue weighted by Gasteiger charge is 2.29. The fourth-order valence-corrected chi connectivity index (χ4v) is 4.04. The lowest BCUT2D eigenvalue weighted by Crippen LogP contribution is -2.33. The average Bonchev–Trinajstić information content (AvgIpc) is 3.30. The van der Waals surface area contributed by atoms with E-state index >= 15 is 0 Å². The molecular weight excluding hydrogens is 378 g/mol. The van der Waals surface area contributed by atoms with Gasteiger partial charge in [0.1, 0.15) is 17.0 Å². The summed E-state index contributed by atoms with van der Waals surface area (Å²) in [6.45, 7) is 1.69. The SMILES string of the molecule is COc1cccc2ccc(CN3CCCC[C@@H]3c3nnc(-c4ccccn4)o3)nc12. The van der Waals surface area contributed by atoms with Crippen LogP contribution in [0.2, 0.25) is 0 Å². The van der Waals surface area contributed by atoms with Gasteiger partial charge in [0.05, 0.1) is 18.8 Å². The van der Waals surface area contributed by atoms with Crippen LogP contribution in [0.4, 0.5) is 0 Å². The summed E-state index contributed by atoms with van der Waals surface area (Å²) in [4.78, 5) is 11.6. The Morgan fingerprint density at radius 2 is 2.03 bits per heavy atom. The van der Waals surface area contributed by atoms with Crippen LogP contribution >= 0.6 is 0 Å². The zero-order valence-electron chi connectivity index (χ0n) is 16.9. The number of likely N-dealkylation sites (tertiary alicyclic amines) is 1. The number of para-hydroxylation sites is 1. The van der Waals surface area contributed by atoms with Gasteiger partial charge in [-0.15, -0.1) is 10.2 Å². The van der Waals surface area contributed by atoms with Crippen LogP contribution in [0.15, 0.2) is 59.1 Å². The Bertz CT molecular complexity index is 1140. The highest BCUT2D eigenvalue weighted by atomic mass is 16.5. The molecule has 7 heteroatoms. The van der Waals surface area contributed by atoms with Gasteiger partial charge in [-0.25, -0.2) is 4.98 Å². The first-order chi connectivity index (χ1) is 14.8. The molecule has 1 aromatic carbocycles. The van der Waals surface area contributed by atoms with Crippen LogP contribution in [-0.4, -0.2) is 38.7 Å². The minimum atomic E-state index is 0.0823. The van der Waals surface area contributed by atoms with E-state index in [-0.39, 0.29) is 6.04 Å². The summed E-state index contributed by atoms with van der Waals surface area (Å²) in [5, 5.41) is 9.65. The number of rotatable bonds is 5. The van der Waals surface area contributed by atoms with Crippen LogP contribution in [0.3, 0.4) is 0 Å². The van der Waals surface area contributed by atoms with Crippen molar-refractivity contribution in [3.63, 3.8) is 0 Å². The van der Waals surface area contributed by atoms with E-state index in [9.17, 15) is 0 Å². The van der Waals surface area contributed by atoms with E-state index in [0.717, 1.165) is 54.7 Å². The monoisotopic (exact) mass is 401 g/mol. The molecule has 0 N–H and O–H groups in total. The summed E-state index contributed by atoms with van der Waals surface area (Å²) in [6, 6.07) is 15.9. The molecule has 30 heavy (non-hydrogen) atoms. The molecule has 0 spiro atoms. The van der Waals surface area contributed by atoms with Gasteiger partial charge in [0.2, 0.25) is 5.89 Å². The molecule has 0 saturated carbocycles. The average molecular weight is 401 g/mol. The van der Waals surface area contributed by atoms with Gasteiger partial charge in [-0.05, 0) is 43.7 Å². The molecule has 4 heterocycles. The summed E-state index contributed by atoms with van der Waals surface area (Å²) < 4.78 is 11.5. The lowest BCUT2D eigenvalue weighted by Gasteiger charge is -2.33. The van der Waals surface area contributed by atoms with E-state index in [1.54, 1.807) is 13.3 Å². The number of pyridine rings is 2. The molecule has 3 aromatic heterocycles. The summed E-state index contributed by atoms with van der Waals surface area (Å²) in [7, 11) is 1.68. The van der Waals surface area contributed by atoms with Crippen molar-refractivity contribution >= 4 is 10.9 Å². The van der Waals surface area contributed by atoms with Crippen molar-refractivity contribution in [2.24, 2.45) is 0 Å². The third kappa shape index (κ3) is 3.64. The molecule has 0 aliphatic carbocycles. The van der Waals surface area contributed by atoms with Crippen LogP contribution < -0.4 is 4.74 Å². The highest BCUT2D eigenvalue weighted by Crippen LogP contribution is 2.33. The lowest BCUT2D eigenvalue weighted by atomic mass is 10.0. The third-order valence-electron chi connectivity index (χ3n) is 5.55. The van der Waals surface area contributed by atoms with Gasteiger partial charge in [0.25, 0.3) is 5.89 Å². The van der Waals surface area contributed by atoms with Crippen molar-refractivity contribution < 1.29 is 9.15 Å². The Hall–Kier alpha value is -3.32. The fraction of sp³-hybridized carbons (Fsp3) is 0.304. The maximum Gasteiger partial charge on any atom is 0.266 e. The molecule has 0 radical (unpaired) electrons. The van der Waals surface area contributed by atoms with Crippen molar-refractivity contribution in [2.75, 3.05) is 13.7 Å².